The second-order valence-corrected chi connectivity index (χ2v) is 9.08. The van der Waals surface area contributed by atoms with Crippen molar-refractivity contribution < 1.29 is 27.4 Å². The van der Waals surface area contributed by atoms with Crippen LogP contribution in [0, 0.1) is 6.92 Å². The van der Waals surface area contributed by atoms with Gasteiger partial charge in [0.05, 0.1) is 31.4 Å². The zero-order valence-corrected chi connectivity index (χ0v) is 20.3. The fraction of sp³-hybridized carbons (Fsp3) is 0.192. The Morgan fingerprint density at radius 3 is 2.18 bits per heavy atom. The molecule has 0 unspecified atom stereocenters. The minimum atomic E-state index is -4.17. The molecule has 0 aliphatic carbocycles. The minimum Gasteiger partial charge on any atom is -0.497 e. The van der Waals surface area contributed by atoms with E-state index in [-0.39, 0.29) is 10.6 Å². The summed E-state index contributed by atoms with van der Waals surface area (Å²) in [5.74, 6) is 0.908. The minimum absolute atomic E-state index is 0.0124. The molecule has 0 saturated heterocycles. The highest BCUT2D eigenvalue weighted by Crippen LogP contribution is 2.29. The lowest BCUT2D eigenvalue weighted by molar-refractivity contribution is -0.113. The van der Waals surface area contributed by atoms with E-state index in [0.717, 1.165) is 9.87 Å². The molecule has 1 amide bonds. The van der Waals surface area contributed by atoms with Gasteiger partial charge in [0.15, 0.2) is 11.5 Å². The van der Waals surface area contributed by atoms with Crippen LogP contribution in [-0.4, -0.2) is 35.2 Å². The molecule has 3 aromatic carbocycles. The normalized spacial score (nSPS) is 11.3. The number of carbonyl (C=O) groups excluding carboxylic acids is 1. The number of benzene rings is 3. The van der Waals surface area contributed by atoms with Gasteiger partial charge in [0.25, 0.3) is 15.9 Å². The molecule has 7 nitrogen and oxygen atoms in total. The molecule has 8 heteroatoms. The molecule has 0 fully saturated rings. The highest BCUT2D eigenvalue weighted by Gasteiger charge is 2.29. The first-order valence-corrected chi connectivity index (χ1v) is 12.0. The summed E-state index contributed by atoms with van der Waals surface area (Å²) >= 11 is 0. The molecule has 0 aliphatic rings. The van der Waals surface area contributed by atoms with Crippen molar-refractivity contribution >= 4 is 27.7 Å². The van der Waals surface area contributed by atoms with E-state index >= 15 is 0 Å². The van der Waals surface area contributed by atoms with Gasteiger partial charge < -0.3 is 14.2 Å². The maximum Gasteiger partial charge on any atom is 0.271 e. The molecule has 0 bridgehead atoms. The summed E-state index contributed by atoms with van der Waals surface area (Å²) in [7, 11) is -1.14. The second-order valence-electron chi connectivity index (χ2n) is 7.30. The monoisotopic (exact) mass is 481 g/mol. The van der Waals surface area contributed by atoms with E-state index in [1.165, 1.54) is 50.6 Å². The maximum absolute atomic E-state index is 13.5. The van der Waals surface area contributed by atoms with Gasteiger partial charge in [0, 0.05) is 6.08 Å². The lowest BCUT2D eigenvalue weighted by atomic mass is 10.2. The van der Waals surface area contributed by atoms with Crippen LogP contribution in [0.1, 0.15) is 18.1 Å². The topological polar surface area (TPSA) is 82.1 Å². The van der Waals surface area contributed by atoms with E-state index in [0.29, 0.717) is 29.4 Å². The smallest absolute Gasteiger partial charge is 0.271 e. The Balaban J connectivity index is 2.00. The highest BCUT2D eigenvalue weighted by atomic mass is 32.2. The quantitative estimate of drug-likeness (QED) is 0.407. The number of methoxy groups -OCH3 is 2. The highest BCUT2D eigenvalue weighted by molar-refractivity contribution is 7.93. The third-order valence-corrected chi connectivity index (χ3v) is 6.71. The number of ether oxygens (including phenoxy) is 3. The van der Waals surface area contributed by atoms with Gasteiger partial charge in [0.2, 0.25) is 0 Å². The lowest BCUT2D eigenvalue weighted by Gasteiger charge is -2.21. The number of hydrogen-bond acceptors (Lipinski definition) is 6. The van der Waals surface area contributed by atoms with Crippen molar-refractivity contribution in [2.24, 2.45) is 0 Å². The van der Waals surface area contributed by atoms with Gasteiger partial charge in [-0.2, -0.15) is 4.31 Å². The first kappa shape index (κ1) is 24.9. The zero-order chi connectivity index (χ0) is 24.7. The van der Waals surface area contributed by atoms with Crippen LogP contribution in [0.25, 0.3) is 6.08 Å². The number of amides is 1. The first-order valence-electron chi connectivity index (χ1n) is 10.6. The van der Waals surface area contributed by atoms with Crippen LogP contribution >= 0.6 is 0 Å². The van der Waals surface area contributed by atoms with Gasteiger partial charge in [-0.15, -0.1) is 0 Å². The average molecular weight is 482 g/mol. The van der Waals surface area contributed by atoms with Crippen molar-refractivity contribution in [3.05, 3.63) is 83.9 Å². The molecule has 0 aliphatic heterocycles. The summed E-state index contributed by atoms with van der Waals surface area (Å²) in [6, 6.07) is 17.8. The van der Waals surface area contributed by atoms with Gasteiger partial charge >= 0.3 is 0 Å². The Kier molecular flexibility index (Phi) is 7.96. The fourth-order valence-corrected chi connectivity index (χ4v) is 4.60. The van der Waals surface area contributed by atoms with E-state index in [4.69, 9.17) is 14.2 Å². The Labute approximate surface area is 200 Å². The maximum atomic E-state index is 13.5. The lowest BCUT2D eigenvalue weighted by Crippen LogP contribution is -2.35. The molecule has 178 valence electrons. The summed E-state index contributed by atoms with van der Waals surface area (Å²) in [4.78, 5) is 13.3. The Morgan fingerprint density at radius 2 is 1.59 bits per heavy atom. The summed E-state index contributed by atoms with van der Waals surface area (Å²) in [5.41, 5.74) is 1.75. The van der Waals surface area contributed by atoms with Gasteiger partial charge in [-0.3, -0.25) is 4.79 Å². The Morgan fingerprint density at radius 1 is 0.912 bits per heavy atom. The molecule has 3 rings (SSSR count). The van der Waals surface area contributed by atoms with Gasteiger partial charge in [-0.25, -0.2) is 8.42 Å². The molecule has 0 atom stereocenters. The number of aryl methyl sites for hydroxylation is 1. The predicted molar refractivity (Wildman–Crippen MR) is 132 cm³/mol. The van der Waals surface area contributed by atoms with Crippen LogP contribution in [0.15, 0.2) is 77.7 Å². The molecule has 0 aromatic heterocycles. The van der Waals surface area contributed by atoms with Crippen molar-refractivity contribution in [1.29, 1.82) is 0 Å². The van der Waals surface area contributed by atoms with Gasteiger partial charge in [0.1, 0.15) is 5.75 Å². The van der Waals surface area contributed by atoms with Crippen LogP contribution < -0.4 is 18.5 Å². The molecule has 0 spiro atoms. The molecule has 0 radical (unpaired) electrons. The third-order valence-electron chi connectivity index (χ3n) is 4.97. The number of hydrogen-bond donors (Lipinski definition) is 0. The standard InChI is InChI=1S/C26H27NO6S/c1-5-33-24-16-8-20(18-25(24)32-4)9-17-26(28)27(21-10-12-22(31-3)13-11-21)34(29,30)23-14-6-19(2)7-15-23/h6-18H,5H2,1-4H3/b17-9+. The van der Waals surface area contributed by atoms with Crippen molar-refractivity contribution in [3.8, 4) is 17.2 Å². The molecule has 34 heavy (non-hydrogen) atoms. The van der Waals surface area contributed by atoms with Crippen LogP contribution in [0.2, 0.25) is 0 Å². The van der Waals surface area contributed by atoms with Crippen molar-refractivity contribution in [2.75, 3.05) is 25.1 Å². The first-order chi connectivity index (χ1) is 16.3. The number of sulfonamides is 1. The predicted octanol–water partition coefficient (Wildman–Crippen LogP) is 4.85. The van der Waals surface area contributed by atoms with Crippen molar-refractivity contribution in [2.45, 2.75) is 18.7 Å². The fourth-order valence-electron chi connectivity index (χ4n) is 3.22. The zero-order valence-electron chi connectivity index (χ0n) is 19.5. The van der Waals surface area contributed by atoms with Gasteiger partial charge in [-0.1, -0.05) is 23.8 Å². The Bertz CT molecular complexity index is 1270. The second kappa shape index (κ2) is 10.9. The molecule has 3 aromatic rings. The molecular weight excluding hydrogens is 454 g/mol. The number of anilines is 1. The molecule has 0 heterocycles. The van der Waals surface area contributed by atoms with E-state index in [9.17, 15) is 13.2 Å². The van der Waals surface area contributed by atoms with Crippen molar-refractivity contribution in [1.82, 2.24) is 0 Å². The largest absolute Gasteiger partial charge is 0.497 e. The third kappa shape index (κ3) is 5.58. The van der Waals surface area contributed by atoms with E-state index in [1.54, 1.807) is 42.5 Å². The average Bonchev–Trinajstić information content (AvgIpc) is 2.84. The van der Waals surface area contributed by atoms with Crippen LogP contribution in [0.5, 0.6) is 17.2 Å². The van der Waals surface area contributed by atoms with E-state index in [1.807, 2.05) is 13.8 Å². The summed E-state index contributed by atoms with van der Waals surface area (Å²) in [6.07, 6.45) is 2.74. The molecule has 0 N–H and O–H groups in total. The number of rotatable bonds is 9. The van der Waals surface area contributed by atoms with Crippen LogP contribution in [-0.2, 0) is 14.8 Å². The van der Waals surface area contributed by atoms with Gasteiger partial charge in [-0.05, 0) is 74.0 Å². The SMILES string of the molecule is CCOc1ccc(/C=C/C(=O)N(c2ccc(OC)cc2)S(=O)(=O)c2ccc(C)cc2)cc1OC. The van der Waals surface area contributed by atoms with E-state index < -0.39 is 15.9 Å². The summed E-state index contributed by atoms with van der Waals surface area (Å²) in [5, 5.41) is 0. The molecular formula is C26H27NO6S. The number of nitrogens with zero attached hydrogens (tertiary/aromatic N) is 1. The van der Waals surface area contributed by atoms with Crippen molar-refractivity contribution in [3.63, 3.8) is 0 Å². The Hall–Kier alpha value is -3.78. The molecule has 0 saturated carbocycles. The number of carbonyl (C=O) groups is 1. The van der Waals surface area contributed by atoms with Crippen LogP contribution in [0.4, 0.5) is 5.69 Å². The summed E-state index contributed by atoms with van der Waals surface area (Å²) < 4.78 is 43.7. The van der Waals surface area contributed by atoms with E-state index in [2.05, 4.69) is 0 Å². The summed E-state index contributed by atoms with van der Waals surface area (Å²) in [6.45, 7) is 4.21. The van der Waals surface area contributed by atoms with Crippen LogP contribution in [0.3, 0.4) is 0 Å².